The molecule has 120 valence electrons. The van der Waals surface area contributed by atoms with Crippen molar-refractivity contribution in [1.82, 2.24) is 0 Å². The van der Waals surface area contributed by atoms with E-state index in [1.54, 1.807) is 12.1 Å². The summed E-state index contributed by atoms with van der Waals surface area (Å²) in [5.41, 5.74) is 4.38. The Morgan fingerprint density at radius 1 is 1.22 bits per heavy atom. The number of halogens is 1. The van der Waals surface area contributed by atoms with Crippen molar-refractivity contribution in [3.63, 3.8) is 0 Å². The van der Waals surface area contributed by atoms with Crippen molar-refractivity contribution in [3.8, 4) is 0 Å². The third-order valence-electron chi connectivity index (χ3n) is 4.30. The summed E-state index contributed by atoms with van der Waals surface area (Å²) in [6, 6.07) is 12.4. The fourth-order valence-electron chi connectivity index (χ4n) is 2.98. The van der Waals surface area contributed by atoms with Crippen molar-refractivity contribution in [2.75, 3.05) is 23.3 Å². The molecular formula is C19H21FN2O. The predicted octanol–water partition coefficient (Wildman–Crippen LogP) is 3.78. The first kappa shape index (κ1) is 15.5. The molecule has 0 saturated heterocycles. The van der Waals surface area contributed by atoms with E-state index in [-0.39, 0.29) is 11.7 Å². The molecule has 2 aromatic rings. The fourth-order valence-corrected chi connectivity index (χ4v) is 2.98. The molecule has 0 aliphatic carbocycles. The quantitative estimate of drug-likeness (QED) is 0.911. The first-order valence-electron chi connectivity index (χ1n) is 8.08. The Labute approximate surface area is 136 Å². The highest BCUT2D eigenvalue weighted by atomic mass is 19.1. The van der Waals surface area contributed by atoms with Gasteiger partial charge in [-0.2, -0.15) is 0 Å². The molecule has 0 saturated carbocycles. The number of anilines is 2. The number of rotatable bonds is 5. The second-order valence-corrected chi connectivity index (χ2v) is 5.85. The van der Waals surface area contributed by atoms with Gasteiger partial charge in [-0.05, 0) is 55.2 Å². The van der Waals surface area contributed by atoms with Crippen molar-refractivity contribution >= 4 is 17.3 Å². The smallest absolute Gasteiger partial charge is 0.224 e. The lowest BCUT2D eigenvalue weighted by Crippen LogP contribution is -2.19. The van der Waals surface area contributed by atoms with Crippen LogP contribution in [0.3, 0.4) is 0 Å². The van der Waals surface area contributed by atoms with E-state index in [0.29, 0.717) is 12.8 Å². The lowest BCUT2D eigenvalue weighted by atomic mass is 10.1. The summed E-state index contributed by atoms with van der Waals surface area (Å²) in [6.07, 6.45) is 2.07. The maximum atomic E-state index is 12.9. The lowest BCUT2D eigenvalue weighted by Gasteiger charge is -2.17. The van der Waals surface area contributed by atoms with E-state index in [0.717, 1.165) is 30.8 Å². The maximum Gasteiger partial charge on any atom is 0.224 e. The third kappa shape index (κ3) is 3.70. The van der Waals surface area contributed by atoms with E-state index in [4.69, 9.17) is 0 Å². The highest BCUT2D eigenvalue weighted by molar-refractivity contribution is 5.91. The first-order valence-corrected chi connectivity index (χ1v) is 8.08. The van der Waals surface area contributed by atoms with Crippen LogP contribution in [0.25, 0.3) is 0 Å². The van der Waals surface area contributed by atoms with Crippen molar-refractivity contribution < 1.29 is 9.18 Å². The molecule has 23 heavy (non-hydrogen) atoms. The van der Waals surface area contributed by atoms with Gasteiger partial charge in [-0.3, -0.25) is 4.79 Å². The van der Waals surface area contributed by atoms with Gasteiger partial charge in [0, 0.05) is 30.9 Å². The zero-order valence-electron chi connectivity index (χ0n) is 13.3. The molecule has 0 radical (unpaired) electrons. The van der Waals surface area contributed by atoms with Gasteiger partial charge in [0.2, 0.25) is 5.91 Å². The SMILES string of the molecule is CCN1CCc2ccc(NC(=O)CCc3ccc(F)cc3)cc21. The maximum absolute atomic E-state index is 12.9. The van der Waals surface area contributed by atoms with Gasteiger partial charge in [0.15, 0.2) is 0 Å². The normalized spacial score (nSPS) is 13.0. The summed E-state index contributed by atoms with van der Waals surface area (Å²) in [4.78, 5) is 14.4. The van der Waals surface area contributed by atoms with Gasteiger partial charge in [-0.15, -0.1) is 0 Å². The van der Waals surface area contributed by atoms with Crippen molar-refractivity contribution in [2.45, 2.75) is 26.2 Å². The highest BCUT2D eigenvalue weighted by Crippen LogP contribution is 2.30. The standard InChI is InChI=1S/C19H21FN2O/c1-2-22-12-11-15-6-9-17(13-18(15)22)21-19(23)10-5-14-3-7-16(20)8-4-14/h3-4,6-9,13H,2,5,10-12H2,1H3,(H,21,23). The second kappa shape index (κ2) is 6.82. The lowest BCUT2D eigenvalue weighted by molar-refractivity contribution is -0.116. The number of benzene rings is 2. The van der Waals surface area contributed by atoms with E-state index in [1.165, 1.54) is 23.4 Å². The van der Waals surface area contributed by atoms with Crippen molar-refractivity contribution in [2.24, 2.45) is 0 Å². The minimum atomic E-state index is -0.253. The molecule has 1 N–H and O–H groups in total. The number of carbonyl (C=O) groups excluding carboxylic acids is 1. The Morgan fingerprint density at radius 3 is 2.74 bits per heavy atom. The van der Waals surface area contributed by atoms with Crippen LogP contribution in [-0.2, 0) is 17.6 Å². The van der Waals surface area contributed by atoms with Crippen LogP contribution < -0.4 is 10.2 Å². The number of carbonyl (C=O) groups is 1. The number of nitrogens with zero attached hydrogens (tertiary/aromatic N) is 1. The van der Waals surface area contributed by atoms with Crippen LogP contribution in [0, 0.1) is 5.82 Å². The molecule has 0 aromatic heterocycles. The molecule has 1 aliphatic rings. The van der Waals surface area contributed by atoms with E-state index in [9.17, 15) is 9.18 Å². The second-order valence-electron chi connectivity index (χ2n) is 5.85. The topological polar surface area (TPSA) is 32.3 Å². The zero-order chi connectivity index (χ0) is 16.2. The average Bonchev–Trinajstić information content (AvgIpc) is 2.96. The van der Waals surface area contributed by atoms with Gasteiger partial charge in [-0.1, -0.05) is 18.2 Å². The van der Waals surface area contributed by atoms with Crippen LogP contribution in [0.15, 0.2) is 42.5 Å². The van der Waals surface area contributed by atoms with E-state index < -0.39 is 0 Å². The number of fused-ring (bicyclic) bond motifs is 1. The first-order chi connectivity index (χ1) is 11.2. The van der Waals surface area contributed by atoms with Gasteiger partial charge in [0.05, 0.1) is 0 Å². The molecule has 4 heteroatoms. The minimum Gasteiger partial charge on any atom is -0.371 e. The third-order valence-corrected chi connectivity index (χ3v) is 4.30. The Balaban J connectivity index is 1.59. The van der Waals surface area contributed by atoms with E-state index in [2.05, 4.69) is 29.3 Å². The number of amides is 1. The molecule has 0 bridgehead atoms. The van der Waals surface area contributed by atoms with Gasteiger partial charge >= 0.3 is 0 Å². The molecule has 1 aliphatic heterocycles. The molecule has 0 unspecified atom stereocenters. The van der Waals surface area contributed by atoms with E-state index in [1.807, 2.05) is 6.07 Å². The van der Waals surface area contributed by atoms with Crippen LogP contribution in [-0.4, -0.2) is 19.0 Å². The van der Waals surface area contributed by atoms with Gasteiger partial charge in [0.25, 0.3) is 0 Å². The molecule has 3 nitrogen and oxygen atoms in total. The molecule has 0 atom stereocenters. The van der Waals surface area contributed by atoms with Crippen LogP contribution in [0.2, 0.25) is 0 Å². The Kier molecular flexibility index (Phi) is 4.60. The van der Waals surface area contributed by atoms with Crippen molar-refractivity contribution in [3.05, 3.63) is 59.4 Å². The highest BCUT2D eigenvalue weighted by Gasteiger charge is 2.18. The Morgan fingerprint density at radius 2 is 2.00 bits per heavy atom. The molecule has 2 aromatic carbocycles. The monoisotopic (exact) mass is 312 g/mol. The summed E-state index contributed by atoms with van der Waals surface area (Å²) in [5, 5.41) is 2.96. The van der Waals surface area contributed by atoms with Crippen LogP contribution in [0.1, 0.15) is 24.5 Å². The summed E-state index contributed by atoms with van der Waals surface area (Å²) in [7, 11) is 0. The molecule has 1 amide bonds. The van der Waals surface area contributed by atoms with Crippen LogP contribution in [0.5, 0.6) is 0 Å². The van der Waals surface area contributed by atoms with Crippen molar-refractivity contribution in [1.29, 1.82) is 0 Å². The number of aryl methyl sites for hydroxylation is 1. The summed E-state index contributed by atoms with van der Waals surface area (Å²) < 4.78 is 12.9. The molecule has 0 fully saturated rings. The Bertz CT molecular complexity index is 697. The van der Waals surface area contributed by atoms with Gasteiger partial charge in [-0.25, -0.2) is 4.39 Å². The molecule has 0 spiro atoms. The summed E-state index contributed by atoms with van der Waals surface area (Å²) >= 11 is 0. The molecule has 1 heterocycles. The van der Waals surface area contributed by atoms with E-state index >= 15 is 0 Å². The van der Waals surface area contributed by atoms with Gasteiger partial charge in [0.1, 0.15) is 5.82 Å². The van der Waals surface area contributed by atoms with Gasteiger partial charge < -0.3 is 10.2 Å². The largest absolute Gasteiger partial charge is 0.371 e. The van der Waals surface area contributed by atoms with Crippen LogP contribution in [0.4, 0.5) is 15.8 Å². The zero-order valence-corrected chi connectivity index (χ0v) is 13.3. The number of nitrogens with one attached hydrogen (secondary N) is 1. The number of hydrogen-bond acceptors (Lipinski definition) is 2. The summed E-state index contributed by atoms with van der Waals surface area (Å²) in [5.74, 6) is -0.271. The predicted molar refractivity (Wildman–Crippen MR) is 91.4 cm³/mol. The average molecular weight is 312 g/mol. The Hall–Kier alpha value is -2.36. The number of hydrogen-bond donors (Lipinski definition) is 1. The molecular weight excluding hydrogens is 291 g/mol. The fraction of sp³-hybridized carbons (Fsp3) is 0.316. The van der Waals surface area contributed by atoms with Crippen LogP contribution >= 0.6 is 0 Å². The number of likely N-dealkylation sites (N-methyl/N-ethyl adjacent to an activating group) is 1. The summed E-state index contributed by atoms with van der Waals surface area (Å²) in [6.45, 7) is 4.17. The molecule has 3 rings (SSSR count). The minimum absolute atomic E-state index is 0.0182.